The summed E-state index contributed by atoms with van der Waals surface area (Å²) in [4.78, 5) is 33.3. The second kappa shape index (κ2) is 29.0. The zero-order valence-corrected chi connectivity index (χ0v) is 43.7. The van der Waals surface area contributed by atoms with Crippen LogP contribution in [0.2, 0.25) is 0 Å². The quantitative estimate of drug-likeness (QED) is 0.0505. The number of carbonyl (C=O) groups is 2. The smallest absolute Gasteiger partial charge is 0.161 e. The van der Waals surface area contributed by atoms with Gasteiger partial charge in [0.2, 0.25) is 0 Å². The SMILES string of the molecule is CCCCCCCCCCCCCCCCCCN1/C(=C/C2C(=O)C(/C=C3/N(CCCCCCCCCCCCCCCCCC)c4ccccc4C3(C)C)C2=O)C(C)(C)c2ccccc21. The summed E-state index contributed by atoms with van der Waals surface area (Å²) >= 11 is 0. The molecule has 0 atom stereocenters. The lowest BCUT2D eigenvalue weighted by atomic mass is 9.69. The highest BCUT2D eigenvalue weighted by Gasteiger charge is 2.51. The molecule has 0 aromatic heterocycles. The Balaban J connectivity index is 1.08. The Morgan fingerprint density at radius 2 is 0.621 bits per heavy atom. The first kappa shape index (κ1) is 53.8. The van der Waals surface area contributed by atoms with Crippen LogP contribution in [0.15, 0.2) is 72.1 Å². The third-order valence-corrected chi connectivity index (χ3v) is 15.9. The number of ketones is 2. The van der Waals surface area contributed by atoms with Gasteiger partial charge in [0.25, 0.3) is 0 Å². The number of hydrogen-bond acceptors (Lipinski definition) is 4. The summed E-state index contributed by atoms with van der Waals surface area (Å²) in [6.07, 6.45) is 47.6. The van der Waals surface area contributed by atoms with Crippen LogP contribution in [0.4, 0.5) is 11.4 Å². The van der Waals surface area contributed by atoms with Gasteiger partial charge in [0.1, 0.15) is 0 Å². The van der Waals surface area contributed by atoms with E-state index in [1.54, 1.807) is 0 Å². The van der Waals surface area contributed by atoms with Crippen molar-refractivity contribution < 1.29 is 9.59 Å². The van der Waals surface area contributed by atoms with Crippen molar-refractivity contribution in [2.45, 2.75) is 258 Å². The standard InChI is InChI=1S/C62H98N2O2/c1-7-9-11-13-15-17-19-21-23-25-27-29-31-33-35-41-47-63-55-45-39-37-43-53(55)61(3,4)57(63)49-51-59(65)52(60(51)66)50-58-62(5,6)54-44-38-40-46-56(54)64(58)48-42-36-34-32-30-28-26-24-22-20-18-16-14-12-10-8-2/h37-40,43-46,49-52H,7-36,41-42,47-48H2,1-6H3/b57-49+,58-50+. The third-order valence-electron chi connectivity index (χ3n) is 15.9. The van der Waals surface area contributed by atoms with E-state index >= 15 is 0 Å². The van der Waals surface area contributed by atoms with Crippen LogP contribution < -0.4 is 9.80 Å². The number of nitrogens with zero attached hydrogens (tertiary/aromatic N) is 2. The summed E-state index contributed by atoms with van der Waals surface area (Å²) in [5.41, 5.74) is 6.78. The van der Waals surface area contributed by atoms with Crippen molar-refractivity contribution in [1.29, 1.82) is 0 Å². The molecular formula is C62H98N2O2. The molecule has 0 bridgehead atoms. The molecule has 2 aromatic rings. The molecule has 1 fully saturated rings. The first-order valence-electron chi connectivity index (χ1n) is 28.4. The van der Waals surface area contributed by atoms with Gasteiger partial charge in [0.05, 0.1) is 11.8 Å². The molecule has 4 heteroatoms. The maximum atomic E-state index is 14.2. The van der Waals surface area contributed by atoms with Crippen molar-refractivity contribution in [2.75, 3.05) is 22.9 Å². The molecule has 1 aliphatic carbocycles. The van der Waals surface area contributed by atoms with Crippen LogP contribution in [0.25, 0.3) is 0 Å². The number of Topliss-reactive ketones (excluding diaryl/α,β-unsaturated/α-hetero) is 2. The molecule has 0 amide bonds. The fraction of sp³-hybridized carbons (Fsp3) is 0.710. The number of hydrogen-bond donors (Lipinski definition) is 0. The van der Waals surface area contributed by atoms with E-state index in [9.17, 15) is 9.59 Å². The highest BCUT2D eigenvalue weighted by atomic mass is 16.2. The first-order chi connectivity index (χ1) is 32.1. The second-order valence-corrected chi connectivity index (χ2v) is 22.1. The van der Waals surface area contributed by atoms with Gasteiger partial charge in [0, 0.05) is 46.7 Å². The van der Waals surface area contributed by atoms with Crippen molar-refractivity contribution in [2.24, 2.45) is 11.8 Å². The normalized spacial score (nSPS) is 19.6. The molecule has 2 aromatic carbocycles. The van der Waals surface area contributed by atoms with Crippen LogP contribution in [-0.2, 0) is 20.4 Å². The van der Waals surface area contributed by atoms with Gasteiger partial charge < -0.3 is 9.80 Å². The fourth-order valence-electron chi connectivity index (χ4n) is 11.6. The van der Waals surface area contributed by atoms with Gasteiger partial charge in [-0.3, -0.25) is 9.59 Å². The van der Waals surface area contributed by atoms with Crippen LogP contribution in [0.3, 0.4) is 0 Å². The molecule has 0 saturated heterocycles. The molecular weight excluding hydrogens is 805 g/mol. The molecule has 0 spiro atoms. The number of anilines is 2. The Kier molecular flexibility index (Phi) is 23.7. The number of benzene rings is 2. The summed E-state index contributed by atoms with van der Waals surface area (Å²) in [6.45, 7) is 15.5. The van der Waals surface area contributed by atoms with E-state index in [2.05, 4.69) is 112 Å². The molecule has 5 rings (SSSR count). The molecule has 0 radical (unpaired) electrons. The monoisotopic (exact) mass is 903 g/mol. The lowest BCUT2D eigenvalue weighted by Gasteiger charge is -2.35. The minimum atomic E-state index is -0.676. The highest BCUT2D eigenvalue weighted by Crippen LogP contribution is 2.51. The summed E-state index contributed by atoms with van der Waals surface area (Å²) in [6, 6.07) is 17.5. The molecule has 2 heterocycles. The Morgan fingerprint density at radius 3 is 0.894 bits per heavy atom. The van der Waals surface area contributed by atoms with E-state index < -0.39 is 11.8 Å². The van der Waals surface area contributed by atoms with E-state index in [0.717, 1.165) is 37.3 Å². The van der Waals surface area contributed by atoms with Gasteiger partial charge in [-0.2, -0.15) is 0 Å². The Labute approximate surface area is 406 Å². The van der Waals surface area contributed by atoms with Gasteiger partial charge >= 0.3 is 0 Å². The molecule has 3 aliphatic rings. The van der Waals surface area contributed by atoms with Crippen molar-refractivity contribution in [1.82, 2.24) is 0 Å². The summed E-state index contributed by atoms with van der Waals surface area (Å²) < 4.78 is 0. The predicted molar refractivity (Wildman–Crippen MR) is 286 cm³/mol. The second-order valence-electron chi connectivity index (χ2n) is 22.1. The van der Waals surface area contributed by atoms with Crippen LogP contribution in [0.5, 0.6) is 0 Å². The largest absolute Gasteiger partial charge is 0.344 e. The Hall–Kier alpha value is -3.14. The van der Waals surface area contributed by atoms with Gasteiger partial charge in [-0.25, -0.2) is 0 Å². The average Bonchev–Trinajstić information content (AvgIpc) is 3.67. The molecule has 1 saturated carbocycles. The van der Waals surface area contributed by atoms with Gasteiger partial charge in [0.15, 0.2) is 11.6 Å². The highest BCUT2D eigenvalue weighted by molar-refractivity contribution is 6.26. The molecule has 4 nitrogen and oxygen atoms in total. The first-order valence-corrected chi connectivity index (χ1v) is 28.4. The molecule has 0 unspecified atom stereocenters. The molecule has 368 valence electrons. The minimum absolute atomic E-state index is 0.0585. The van der Waals surface area contributed by atoms with E-state index in [1.165, 1.54) is 215 Å². The Morgan fingerprint density at radius 1 is 0.379 bits per heavy atom. The Bertz CT molecular complexity index is 1640. The van der Waals surface area contributed by atoms with E-state index in [1.807, 2.05) is 0 Å². The molecule has 66 heavy (non-hydrogen) atoms. The summed E-state index contributed by atoms with van der Waals surface area (Å²) in [5.74, 6) is -1.24. The maximum Gasteiger partial charge on any atom is 0.161 e. The van der Waals surface area contributed by atoms with Crippen molar-refractivity contribution >= 4 is 22.9 Å². The van der Waals surface area contributed by atoms with Crippen LogP contribution >= 0.6 is 0 Å². The summed E-state index contributed by atoms with van der Waals surface area (Å²) in [7, 11) is 0. The number of para-hydroxylation sites is 2. The average molecular weight is 903 g/mol. The fourth-order valence-corrected chi connectivity index (χ4v) is 11.6. The molecule has 2 aliphatic heterocycles. The third kappa shape index (κ3) is 15.4. The topological polar surface area (TPSA) is 40.6 Å². The van der Waals surface area contributed by atoms with Gasteiger partial charge in [-0.05, 0) is 48.3 Å². The lowest BCUT2D eigenvalue weighted by Crippen LogP contribution is -2.48. The summed E-state index contributed by atoms with van der Waals surface area (Å²) in [5, 5.41) is 0. The number of fused-ring (bicyclic) bond motifs is 2. The zero-order chi connectivity index (χ0) is 47.0. The lowest BCUT2D eigenvalue weighted by molar-refractivity contribution is -0.146. The van der Waals surface area contributed by atoms with Gasteiger partial charge in [-0.1, -0.05) is 271 Å². The number of rotatable bonds is 36. The molecule has 0 N–H and O–H groups in total. The number of allylic oxidation sites excluding steroid dienone is 4. The number of carbonyl (C=O) groups excluding carboxylic acids is 2. The maximum absolute atomic E-state index is 14.2. The minimum Gasteiger partial charge on any atom is -0.344 e. The zero-order valence-electron chi connectivity index (χ0n) is 43.7. The van der Waals surface area contributed by atoms with Crippen LogP contribution in [-0.4, -0.2) is 24.7 Å². The van der Waals surface area contributed by atoms with E-state index in [0.29, 0.717) is 0 Å². The van der Waals surface area contributed by atoms with Crippen molar-refractivity contribution in [3.05, 3.63) is 83.2 Å². The predicted octanol–water partition coefficient (Wildman–Crippen LogP) is 18.3. The van der Waals surface area contributed by atoms with Crippen molar-refractivity contribution in [3.63, 3.8) is 0 Å². The van der Waals surface area contributed by atoms with Crippen LogP contribution in [0, 0.1) is 11.8 Å². The number of unbranched alkanes of at least 4 members (excludes halogenated alkanes) is 30. The van der Waals surface area contributed by atoms with Crippen LogP contribution in [0.1, 0.15) is 258 Å². The van der Waals surface area contributed by atoms with E-state index in [4.69, 9.17) is 0 Å². The van der Waals surface area contributed by atoms with E-state index in [-0.39, 0.29) is 22.4 Å². The van der Waals surface area contributed by atoms with Gasteiger partial charge in [-0.15, -0.1) is 0 Å². The van der Waals surface area contributed by atoms with Crippen molar-refractivity contribution in [3.8, 4) is 0 Å².